The maximum Gasteiger partial charge on any atom is 0.271 e. The Kier molecular flexibility index (Phi) is 2.51. The SMILES string of the molecule is N#Cc1ccc(-n2cc(N)c(C(N)=O)n2)cc1. The highest BCUT2D eigenvalue weighted by Crippen LogP contribution is 2.14. The first-order valence-electron chi connectivity index (χ1n) is 4.77. The first-order chi connectivity index (χ1) is 8.11. The summed E-state index contributed by atoms with van der Waals surface area (Å²) >= 11 is 0. The summed E-state index contributed by atoms with van der Waals surface area (Å²) in [7, 11) is 0. The number of carbonyl (C=O) groups excluding carboxylic acids is 1. The summed E-state index contributed by atoms with van der Waals surface area (Å²) in [5, 5.41) is 12.6. The minimum absolute atomic E-state index is 0.0364. The highest BCUT2D eigenvalue weighted by Gasteiger charge is 2.11. The van der Waals surface area contributed by atoms with Gasteiger partial charge in [0, 0.05) is 0 Å². The molecule has 6 nitrogen and oxygen atoms in total. The molecule has 0 atom stereocenters. The molecule has 2 rings (SSSR count). The van der Waals surface area contributed by atoms with E-state index in [1.165, 1.54) is 10.9 Å². The molecule has 84 valence electrons. The number of rotatable bonds is 2. The normalized spacial score (nSPS) is 9.82. The molecule has 1 heterocycles. The third-order valence-electron chi connectivity index (χ3n) is 2.24. The molecule has 0 aliphatic carbocycles. The number of anilines is 1. The van der Waals surface area contributed by atoms with E-state index >= 15 is 0 Å². The number of hydrogen-bond donors (Lipinski definition) is 2. The molecule has 0 saturated carbocycles. The number of nitrogen functional groups attached to an aromatic ring is 1. The maximum absolute atomic E-state index is 11.0. The minimum Gasteiger partial charge on any atom is -0.396 e. The van der Waals surface area contributed by atoms with Crippen molar-refractivity contribution in [1.29, 1.82) is 5.26 Å². The molecule has 0 aliphatic heterocycles. The fourth-order valence-electron chi connectivity index (χ4n) is 1.40. The van der Waals surface area contributed by atoms with Gasteiger partial charge in [-0.05, 0) is 24.3 Å². The Balaban J connectivity index is 2.43. The smallest absolute Gasteiger partial charge is 0.271 e. The number of nitrogens with two attached hydrogens (primary N) is 2. The predicted octanol–water partition coefficient (Wildman–Crippen LogP) is 0.425. The molecule has 17 heavy (non-hydrogen) atoms. The molecule has 0 aliphatic rings. The summed E-state index contributed by atoms with van der Waals surface area (Å²) < 4.78 is 1.44. The van der Waals surface area contributed by atoms with Gasteiger partial charge in [0.2, 0.25) is 0 Å². The summed E-state index contributed by atoms with van der Waals surface area (Å²) in [6, 6.07) is 8.72. The average Bonchev–Trinajstić information content (AvgIpc) is 2.71. The lowest BCUT2D eigenvalue weighted by molar-refractivity contribution is 0.0996. The molecule has 1 amide bonds. The van der Waals surface area contributed by atoms with Crippen molar-refractivity contribution in [2.45, 2.75) is 0 Å². The van der Waals surface area contributed by atoms with Gasteiger partial charge in [0.05, 0.1) is 29.2 Å². The summed E-state index contributed by atoms with van der Waals surface area (Å²) in [5.41, 5.74) is 12.2. The van der Waals surface area contributed by atoms with Crippen LogP contribution in [0.2, 0.25) is 0 Å². The molecular formula is C11H9N5O. The van der Waals surface area contributed by atoms with Gasteiger partial charge >= 0.3 is 0 Å². The number of carbonyl (C=O) groups is 1. The number of amides is 1. The van der Waals surface area contributed by atoms with E-state index in [0.717, 1.165) is 0 Å². The Morgan fingerprint density at radius 2 is 2.00 bits per heavy atom. The fourth-order valence-corrected chi connectivity index (χ4v) is 1.40. The van der Waals surface area contributed by atoms with Crippen molar-refractivity contribution in [2.24, 2.45) is 5.73 Å². The van der Waals surface area contributed by atoms with Crippen LogP contribution in [0.3, 0.4) is 0 Å². The second kappa shape index (κ2) is 3.98. The van der Waals surface area contributed by atoms with Crippen LogP contribution < -0.4 is 11.5 Å². The second-order valence-corrected chi connectivity index (χ2v) is 3.40. The van der Waals surface area contributed by atoms with Crippen LogP contribution in [-0.2, 0) is 0 Å². The highest BCUT2D eigenvalue weighted by atomic mass is 16.1. The lowest BCUT2D eigenvalue weighted by Crippen LogP contribution is -2.13. The van der Waals surface area contributed by atoms with Gasteiger partial charge in [-0.3, -0.25) is 4.79 Å². The summed E-state index contributed by atoms with van der Waals surface area (Å²) in [6.07, 6.45) is 1.50. The van der Waals surface area contributed by atoms with Crippen LogP contribution in [-0.4, -0.2) is 15.7 Å². The quantitative estimate of drug-likeness (QED) is 0.774. The van der Waals surface area contributed by atoms with Crippen molar-refractivity contribution in [3.05, 3.63) is 41.7 Å². The second-order valence-electron chi connectivity index (χ2n) is 3.40. The van der Waals surface area contributed by atoms with E-state index in [4.69, 9.17) is 16.7 Å². The monoisotopic (exact) mass is 227 g/mol. The van der Waals surface area contributed by atoms with E-state index in [9.17, 15) is 4.79 Å². The molecule has 0 fully saturated rings. The molecule has 1 aromatic heterocycles. The van der Waals surface area contributed by atoms with Gasteiger partial charge in [0.25, 0.3) is 5.91 Å². The first kappa shape index (κ1) is 10.7. The van der Waals surface area contributed by atoms with Crippen LogP contribution >= 0.6 is 0 Å². The highest BCUT2D eigenvalue weighted by molar-refractivity contribution is 5.95. The lowest BCUT2D eigenvalue weighted by Gasteiger charge is -1.99. The van der Waals surface area contributed by atoms with Gasteiger partial charge in [-0.1, -0.05) is 0 Å². The van der Waals surface area contributed by atoms with Gasteiger partial charge < -0.3 is 11.5 Å². The molecule has 0 bridgehead atoms. The van der Waals surface area contributed by atoms with Gasteiger partial charge in [-0.25, -0.2) is 4.68 Å². The zero-order chi connectivity index (χ0) is 12.4. The number of primary amides is 1. The lowest BCUT2D eigenvalue weighted by atomic mass is 10.2. The first-order valence-corrected chi connectivity index (χ1v) is 4.77. The van der Waals surface area contributed by atoms with E-state index in [-0.39, 0.29) is 11.4 Å². The zero-order valence-corrected chi connectivity index (χ0v) is 8.79. The fraction of sp³-hybridized carbons (Fsp3) is 0. The Bertz CT molecular complexity index is 606. The van der Waals surface area contributed by atoms with E-state index in [1.54, 1.807) is 24.3 Å². The van der Waals surface area contributed by atoms with E-state index in [1.807, 2.05) is 6.07 Å². The predicted molar refractivity (Wildman–Crippen MR) is 61.2 cm³/mol. The Morgan fingerprint density at radius 1 is 1.35 bits per heavy atom. The molecule has 0 unspecified atom stereocenters. The maximum atomic E-state index is 11.0. The Morgan fingerprint density at radius 3 is 2.47 bits per heavy atom. The molecule has 0 radical (unpaired) electrons. The Hall–Kier alpha value is -2.81. The van der Waals surface area contributed by atoms with Crippen LogP contribution in [0, 0.1) is 11.3 Å². The molecular weight excluding hydrogens is 218 g/mol. The van der Waals surface area contributed by atoms with Crippen molar-refractivity contribution in [3.8, 4) is 11.8 Å². The van der Waals surface area contributed by atoms with Gasteiger partial charge in [-0.2, -0.15) is 10.4 Å². The molecule has 0 spiro atoms. The summed E-state index contributed by atoms with van der Waals surface area (Å²) in [5.74, 6) is -0.671. The molecule has 2 aromatic rings. The van der Waals surface area contributed by atoms with Gasteiger partial charge in [-0.15, -0.1) is 0 Å². The molecule has 0 saturated heterocycles. The number of hydrogen-bond acceptors (Lipinski definition) is 4. The average molecular weight is 227 g/mol. The van der Waals surface area contributed by atoms with Crippen LogP contribution in [0.25, 0.3) is 5.69 Å². The Labute approximate surface area is 97.1 Å². The largest absolute Gasteiger partial charge is 0.396 e. The van der Waals surface area contributed by atoms with Crippen molar-refractivity contribution < 1.29 is 4.79 Å². The molecule has 1 aromatic carbocycles. The van der Waals surface area contributed by atoms with Crippen molar-refractivity contribution in [3.63, 3.8) is 0 Å². The zero-order valence-electron chi connectivity index (χ0n) is 8.79. The van der Waals surface area contributed by atoms with Gasteiger partial charge in [0.15, 0.2) is 5.69 Å². The number of nitrogens with zero attached hydrogens (tertiary/aromatic N) is 3. The van der Waals surface area contributed by atoms with E-state index in [0.29, 0.717) is 11.3 Å². The minimum atomic E-state index is -0.671. The van der Waals surface area contributed by atoms with Crippen molar-refractivity contribution in [2.75, 3.05) is 5.73 Å². The third-order valence-corrected chi connectivity index (χ3v) is 2.24. The van der Waals surface area contributed by atoms with Gasteiger partial charge in [0.1, 0.15) is 0 Å². The van der Waals surface area contributed by atoms with Crippen LogP contribution in [0.1, 0.15) is 16.1 Å². The van der Waals surface area contributed by atoms with Crippen LogP contribution in [0.4, 0.5) is 5.69 Å². The number of nitriles is 1. The number of aromatic nitrogens is 2. The number of benzene rings is 1. The van der Waals surface area contributed by atoms with Crippen molar-refractivity contribution >= 4 is 11.6 Å². The molecule has 4 N–H and O–H groups in total. The summed E-state index contributed by atoms with van der Waals surface area (Å²) in [6.45, 7) is 0. The van der Waals surface area contributed by atoms with Crippen LogP contribution in [0.15, 0.2) is 30.5 Å². The van der Waals surface area contributed by atoms with Crippen LogP contribution in [0.5, 0.6) is 0 Å². The molecule has 6 heteroatoms. The summed E-state index contributed by atoms with van der Waals surface area (Å²) in [4.78, 5) is 11.0. The van der Waals surface area contributed by atoms with Crippen molar-refractivity contribution in [1.82, 2.24) is 9.78 Å². The standard InChI is InChI=1S/C11H9N5O/c12-5-7-1-3-8(4-2-7)16-6-9(13)10(15-16)11(14)17/h1-4,6H,13H2,(H2,14,17). The third kappa shape index (κ3) is 1.94. The van der Waals surface area contributed by atoms with E-state index < -0.39 is 5.91 Å². The topological polar surface area (TPSA) is 111 Å². The van der Waals surface area contributed by atoms with E-state index in [2.05, 4.69) is 5.10 Å².